The van der Waals surface area contributed by atoms with Crippen LogP contribution in [0.5, 0.6) is 0 Å². The number of hydrogen-bond acceptors (Lipinski definition) is 3. The molecule has 0 N–H and O–H groups in total. The van der Waals surface area contributed by atoms with Gasteiger partial charge in [0.15, 0.2) is 0 Å². The molecule has 4 aromatic rings. The van der Waals surface area contributed by atoms with Crippen molar-refractivity contribution in [3.05, 3.63) is 113 Å². The summed E-state index contributed by atoms with van der Waals surface area (Å²) >= 11 is 0. The van der Waals surface area contributed by atoms with Crippen molar-refractivity contribution >= 4 is 22.4 Å². The van der Waals surface area contributed by atoms with Crippen LogP contribution in [0.25, 0.3) is 39.2 Å². The summed E-state index contributed by atoms with van der Waals surface area (Å²) in [5, 5.41) is 11.4. The third-order valence-electron chi connectivity index (χ3n) is 5.63. The first-order valence-electron chi connectivity index (χ1n) is 10.5. The molecule has 5 heteroatoms. The molecule has 3 aromatic carbocycles. The van der Waals surface area contributed by atoms with Gasteiger partial charge >= 0.3 is 0 Å². The van der Waals surface area contributed by atoms with E-state index in [1.54, 1.807) is 12.1 Å². The summed E-state index contributed by atoms with van der Waals surface area (Å²) < 4.78 is 2.16. The second-order valence-corrected chi connectivity index (χ2v) is 7.81. The standard InChI is InChI=1S/C27H21N3O2/c1-19-7-6-8-22(18-13-19)29-26-12-5-3-10-24(26)28-27(29)21-16-14-20(15-17-21)23-9-2-4-11-25(23)30(31)32/h2-19H,1H3. The summed E-state index contributed by atoms with van der Waals surface area (Å²) in [5.74, 6) is 1.20. The average molecular weight is 419 g/mol. The molecule has 0 aliphatic heterocycles. The van der Waals surface area contributed by atoms with Gasteiger partial charge in [0.25, 0.3) is 5.69 Å². The average Bonchev–Trinajstić information content (AvgIpc) is 3.07. The Morgan fingerprint density at radius 3 is 2.44 bits per heavy atom. The van der Waals surface area contributed by atoms with Gasteiger partial charge in [0, 0.05) is 17.3 Å². The molecule has 0 spiro atoms. The molecule has 0 saturated heterocycles. The molecule has 0 amide bonds. The van der Waals surface area contributed by atoms with Crippen LogP contribution in [0.4, 0.5) is 5.69 Å². The lowest BCUT2D eigenvalue weighted by molar-refractivity contribution is -0.384. The minimum atomic E-state index is -0.345. The van der Waals surface area contributed by atoms with Crippen molar-refractivity contribution in [2.45, 2.75) is 6.92 Å². The van der Waals surface area contributed by atoms with Crippen molar-refractivity contribution < 1.29 is 4.92 Å². The fraction of sp³-hybridized carbons (Fsp3) is 0.0741. The normalized spacial score (nSPS) is 15.5. The summed E-state index contributed by atoms with van der Waals surface area (Å²) in [6, 6.07) is 22.7. The van der Waals surface area contributed by atoms with Gasteiger partial charge in [0.2, 0.25) is 0 Å². The van der Waals surface area contributed by atoms with E-state index in [0.29, 0.717) is 11.5 Å². The summed E-state index contributed by atoms with van der Waals surface area (Å²) in [6.45, 7) is 2.15. The van der Waals surface area contributed by atoms with Crippen molar-refractivity contribution in [2.24, 2.45) is 5.92 Å². The monoisotopic (exact) mass is 419 g/mol. The molecule has 1 atom stereocenters. The first kappa shape index (κ1) is 19.7. The maximum atomic E-state index is 11.4. The SMILES string of the molecule is CC1C=CC=C(n2c(-c3ccc(-c4ccccc4[N+](=O)[O-])cc3)nc3ccccc32)C=C1. The Kier molecular flexibility index (Phi) is 5.00. The van der Waals surface area contributed by atoms with Crippen LogP contribution in [-0.4, -0.2) is 14.5 Å². The number of rotatable bonds is 4. The molecular formula is C27H21N3O2. The topological polar surface area (TPSA) is 61.0 Å². The van der Waals surface area contributed by atoms with Crippen LogP contribution in [0.3, 0.4) is 0 Å². The number of benzene rings is 3. The highest BCUT2D eigenvalue weighted by molar-refractivity contribution is 5.87. The second-order valence-electron chi connectivity index (χ2n) is 7.81. The maximum absolute atomic E-state index is 11.4. The summed E-state index contributed by atoms with van der Waals surface area (Å²) in [6.07, 6.45) is 10.6. The predicted molar refractivity (Wildman–Crippen MR) is 129 cm³/mol. The zero-order chi connectivity index (χ0) is 22.1. The number of fused-ring (bicyclic) bond motifs is 1. The summed E-state index contributed by atoms with van der Waals surface area (Å²) in [5.41, 5.74) is 5.43. The third kappa shape index (κ3) is 3.54. The smallest absolute Gasteiger partial charge is 0.277 e. The molecule has 0 saturated carbocycles. The molecule has 5 rings (SSSR count). The molecule has 5 nitrogen and oxygen atoms in total. The van der Waals surface area contributed by atoms with Gasteiger partial charge in [-0.2, -0.15) is 0 Å². The van der Waals surface area contributed by atoms with E-state index >= 15 is 0 Å². The van der Waals surface area contributed by atoms with Gasteiger partial charge in [-0.25, -0.2) is 4.98 Å². The quantitative estimate of drug-likeness (QED) is 0.267. The van der Waals surface area contributed by atoms with E-state index in [-0.39, 0.29) is 10.6 Å². The molecule has 0 fully saturated rings. The van der Waals surface area contributed by atoms with Gasteiger partial charge in [-0.3, -0.25) is 14.7 Å². The number of nitro groups is 1. The van der Waals surface area contributed by atoms with Gasteiger partial charge in [0.05, 0.1) is 21.5 Å². The first-order valence-corrected chi connectivity index (χ1v) is 10.5. The highest BCUT2D eigenvalue weighted by atomic mass is 16.6. The van der Waals surface area contributed by atoms with E-state index in [2.05, 4.69) is 47.9 Å². The van der Waals surface area contributed by atoms with E-state index in [0.717, 1.165) is 33.7 Å². The first-order chi connectivity index (χ1) is 15.6. The van der Waals surface area contributed by atoms with Crippen LogP contribution in [-0.2, 0) is 0 Å². The second kappa shape index (κ2) is 8.12. The zero-order valence-electron chi connectivity index (χ0n) is 17.6. The third-order valence-corrected chi connectivity index (χ3v) is 5.63. The minimum Gasteiger partial charge on any atom is -0.292 e. The van der Waals surface area contributed by atoms with Crippen molar-refractivity contribution in [3.63, 3.8) is 0 Å². The lowest BCUT2D eigenvalue weighted by Gasteiger charge is -2.11. The van der Waals surface area contributed by atoms with E-state index in [1.165, 1.54) is 6.07 Å². The summed E-state index contributed by atoms with van der Waals surface area (Å²) in [7, 11) is 0. The molecular weight excluding hydrogens is 398 g/mol. The Balaban J connectivity index is 1.63. The fourth-order valence-electron chi connectivity index (χ4n) is 4.01. The number of imidazole rings is 1. The Bertz CT molecular complexity index is 1410. The number of allylic oxidation sites excluding steroid dienone is 6. The highest BCUT2D eigenvalue weighted by Gasteiger charge is 2.17. The molecule has 1 aromatic heterocycles. The van der Waals surface area contributed by atoms with Gasteiger partial charge < -0.3 is 0 Å². The molecule has 1 aliphatic carbocycles. The van der Waals surface area contributed by atoms with Crippen molar-refractivity contribution in [1.82, 2.24) is 9.55 Å². The molecule has 0 bridgehead atoms. The Labute approximate surface area is 185 Å². The number of aromatic nitrogens is 2. The lowest BCUT2D eigenvalue weighted by atomic mass is 10.0. The Morgan fingerprint density at radius 1 is 0.906 bits per heavy atom. The van der Waals surface area contributed by atoms with Crippen LogP contribution in [0.2, 0.25) is 0 Å². The predicted octanol–water partition coefficient (Wildman–Crippen LogP) is 6.88. The number of hydrogen-bond donors (Lipinski definition) is 0. The van der Waals surface area contributed by atoms with Gasteiger partial charge in [-0.15, -0.1) is 0 Å². The number of para-hydroxylation sites is 3. The zero-order valence-corrected chi connectivity index (χ0v) is 17.6. The lowest BCUT2D eigenvalue weighted by Crippen LogP contribution is -1.98. The van der Waals surface area contributed by atoms with Crippen molar-refractivity contribution in [2.75, 3.05) is 0 Å². The van der Waals surface area contributed by atoms with Gasteiger partial charge in [0.1, 0.15) is 5.82 Å². The molecule has 1 unspecified atom stereocenters. The molecule has 1 aliphatic rings. The van der Waals surface area contributed by atoms with E-state index in [4.69, 9.17) is 4.98 Å². The van der Waals surface area contributed by atoms with Crippen LogP contribution in [0.15, 0.2) is 103 Å². The molecule has 156 valence electrons. The van der Waals surface area contributed by atoms with Crippen LogP contribution < -0.4 is 0 Å². The van der Waals surface area contributed by atoms with E-state index < -0.39 is 0 Å². The number of nitro benzene ring substituents is 1. The maximum Gasteiger partial charge on any atom is 0.277 e. The Morgan fingerprint density at radius 2 is 1.62 bits per heavy atom. The minimum absolute atomic E-state index is 0.0992. The van der Waals surface area contributed by atoms with Crippen molar-refractivity contribution in [1.29, 1.82) is 0 Å². The largest absolute Gasteiger partial charge is 0.292 e. The molecule has 1 heterocycles. The Hall–Kier alpha value is -4.25. The molecule has 32 heavy (non-hydrogen) atoms. The van der Waals surface area contributed by atoms with Crippen LogP contribution >= 0.6 is 0 Å². The van der Waals surface area contributed by atoms with E-state index in [1.807, 2.05) is 48.5 Å². The van der Waals surface area contributed by atoms with Gasteiger partial charge in [-0.1, -0.05) is 73.7 Å². The molecule has 0 radical (unpaired) electrons. The summed E-state index contributed by atoms with van der Waals surface area (Å²) in [4.78, 5) is 16.0. The van der Waals surface area contributed by atoms with E-state index in [9.17, 15) is 10.1 Å². The highest BCUT2D eigenvalue weighted by Crippen LogP contribution is 2.33. The van der Waals surface area contributed by atoms with Crippen LogP contribution in [0, 0.1) is 16.0 Å². The van der Waals surface area contributed by atoms with Gasteiger partial charge in [-0.05, 0) is 41.8 Å². The number of nitrogens with zero attached hydrogens (tertiary/aromatic N) is 3. The van der Waals surface area contributed by atoms with Crippen LogP contribution in [0.1, 0.15) is 6.92 Å². The fourth-order valence-corrected chi connectivity index (χ4v) is 4.01. The van der Waals surface area contributed by atoms with Crippen molar-refractivity contribution in [3.8, 4) is 22.5 Å².